The van der Waals surface area contributed by atoms with Crippen molar-refractivity contribution >= 4 is 0 Å². The lowest BCUT2D eigenvalue weighted by Crippen LogP contribution is -2.64. The van der Waals surface area contributed by atoms with Crippen LogP contribution in [0, 0.1) is 0 Å². The third-order valence-electron chi connectivity index (χ3n) is 5.24. The second-order valence-corrected chi connectivity index (χ2v) is 7.40. The van der Waals surface area contributed by atoms with Crippen molar-refractivity contribution in [2.45, 2.75) is 37.1 Å². The van der Waals surface area contributed by atoms with E-state index in [-0.39, 0.29) is 24.5 Å². The van der Waals surface area contributed by atoms with Gasteiger partial charge in [0.25, 0.3) is 0 Å². The van der Waals surface area contributed by atoms with Crippen molar-refractivity contribution in [1.29, 1.82) is 0 Å². The number of likely N-dealkylation sites (N-methyl/N-ethyl adjacent to an activating group) is 2. The summed E-state index contributed by atoms with van der Waals surface area (Å²) < 4.78 is 17.0. The van der Waals surface area contributed by atoms with Crippen LogP contribution >= 0.6 is 0 Å². The van der Waals surface area contributed by atoms with E-state index in [1.807, 2.05) is 45.4 Å². The molecule has 2 saturated heterocycles. The largest absolute Gasteiger partial charge is 0.497 e. The number of benzene rings is 1. The maximum atomic E-state index is 11.0. The predicted molar refractivity (Wildman–Crippen MR) is 99.2 cm³/mol. The molecule has 26 heavy (non-hydrogen) atoms. The highest BCUT2D eigenvalue weighted by molar-refractivity contribution is 5.27. The van der Waals surface area contributed by atoms with Crippen molar-refractivity contribution < 1.29 is 19.3 Å². The first-order chi connectivity index (χ1) is 12.5. The second-order valence-electron chi connectivity index (χ2n) is 7.40. The van der Waals surface area contributed by atoms with Gasteiger partial charge < -0.3 is 29.5 Å². The van der Waals surface area contributed by atoms with E-state index in [2.05, 4.69) is 15.1 Å². The van der Waals surface area contributed by atoms with Gasteiger partial charge in [-0.1, -0.05) is 12.1 Å². The van der Waals surface area contributed by atoms with Crippen molar-refractivity contribution in [3.05, 3.63) is 29.8 Å². The fraction of sp³-hybridized carbons (Fsp3) is 0.684. The molecule has 2 N–H and O–H groups in total. The van der Waals surface area contributed by atoms with Crippen LogP contribution in [-0.4, -0.2) is 93.4 Å². The van der Waals surface area contributed by atoms with Crippen molar-refractivity contribution in [3.8, 4) is 5.75 Å². The number of nitrogens with zero attached hydrogens (tertiary/aromatic N) is 2. The van der Waals surface area contributed by atoms with Gasteiger partial charge in [-0.25, -0.2) is 0 Å². The number of nitrogens with one attached hydrogen (secondary N) is 1. The Morgan fingerprint density at radius 3 is 2.58 bits per heavy atom. The highest BCUT2D eigenvalue weighted by Gasteiger charge is 2.51. The molecule has 0 unspecified atom stereocenters. The van der Waals surface area contributed by atoms with Crippen LogP contribution in [0.15, 0.2) is 24.3 Å². The molecule has 0 saturated carbocycles. The van der Waals surface area contributed by atoms with E-state index in [0.29, 0.717) is 13.2 Å². The quantitative estimate of drug-likeness (QED) is 0.679. The lowest BCUT2D eigenvalue weighted by atomic mass is 9.94. The molecule has 2 aliphatic heterocycles. The van der Waals surface area contributed by atoms with Crippen molar-refractivity contribution in [1.82, 2.24) is 15.1 Å². The fourth-order valence-corrected chi connectivity index (χ4v) is 3.61. The van der Waals surface area contributed by atoms with Crippen LogP contribution in [0.2, 0.25) is 0 Å². The molecule has 1 aromatic carbocycles. The van der Waals surface area contributed by atoms with Crippen LogP contribution in [0.3, 0.4) is 0 Å². The summed E-state index contributed by atoms with van der Waals surface area (Å²) in [6, 6.07) is 7.59. The molecule has 0 aliphatic carbocycles. The minimum absolute atomic E-state index is 0.119. The topological polar surface area (TPSA) is 66.4 Å². The zero-order chi connectivity index (χ0) is 18.7. The van der Waals surface area contributed by atoms with Crippen LogP contribution < -0.4 is 10.1 Å². The average molecular weight is 365 g/mol. The molecule has 0 aromatic heterocycles. The molecule has 1 aromatic rings. The number of ether oxygens (including phenoxy) is 3. The van der Waals surface area contributed by atoms with E-state index in [4.69, 9.17) is 14.2 Å². The molecular weight excluding hydrogens is 334 g/mol. The Balaban J connectivity index is 1.62. The van der Waals surface area contributed by atoms with Gasteiger partial charge in [0.2, 0.25) is 0 Å². The molecular formula is C19H31N3O4. The molecule has 5 atom stereocenters. The van der Waals surface area contributed by atoms with E-state index < -0.39 is 6.10 Å². The summed E-state index contributed by atoms with van der Waals surface area (Å²) in [5.74, 6) is 0.837. The first-order valence-corrected chi connectivity index (χ1v) is 9.16. The number of methoxy groups -OCH3 is 1. The molecule has 2 fully saturated rings. The molecule has 0 amide bonds. The number of aliphatic hydroxyl groups excluding tert-OH is 1. The number of hydrogen-bond acceptors (Lipinski definition) is 7. The highest BCUT2D eigenvalue weighted by Crippen LogP contribution is 2.31. The summed E-state index contributed by atoms with van der Waals surface area (Å²) in [7, 11) is 7.77. The van der Waals surface area contributed by atoms with Gasteiger partial charge in [-0.2, -0.15) is 0 Å². The molecule has 146 valence electrons. The Labute approximate surface area is 155 Å². The molecule has 0 radical (unpaired) electrons. The van der Waals surface area contributed by atoms with Gasteiger partial charge in [0, 0.05) is 19.6 Å². The van der Waals surface area contributed by atoms with Crippen molar-refractivity contribution in [2.24, 2.45) is 0 Å². The molecule has 3 rings (SSSR count). The normalized spacial score (nSPS) is 31.0. The summed E-state index contributed by atoms with van der Waals surface area (Å²) in [5.41, 5.74) is 1.14. The third-order valence-corrected chi connectivity index (χ3v) is 5.24. The average Bonchev–Trinajstić information content (AvgIpc) is 3.05. The number of aliphatic hydroxyl groups is 1. The zero-order valence-electron chi connectivity index (χ0n) is 16.1. The predicted octanol–water partition coefficient (Wildman–Crippen LogP) is 0.131. The summed E-state index contributed by atoms with van der Waals surface area (Å²) in [5, 5.41) is 14.5. The molecule has 2 aliphatic rings. The van der Waals surface area contributed by atoms with Gasteiger partial charge in [0.1, 0.15) is 11.9 Å². The van der Waals surface area contributed by atoms with Crippen molar-refractivity contribution in [2.75, 3.05) is 47.9 Å². The van der Waals surface area contributed by atoms with E-state index in [1.165, 1.54) is 0 Å². The number of fused-ring (bicyclic) bond motifs is 2. The van der Waals surface area contributed by atoms with Crippen LogP contribution in [-0.2, 0) is 16.0 Å². The minimum Gasteiger partial charge on any atom is -0.497 e. The van der Waals surface area contributed by atoms with Gasteiger partial charge in [-0.3, -0.25) is 4.90 Å². The van der Waals surface area contributed by atoms with Crippen LogP contribution in [0.1, 0.15) is 5.56 Å². The lowest BCUT2D eigenvalue weighted by Gasteiger charge is -2.43. The summed E-state index contributed by atoms with van der Waals surface area (Å²) in [6.07, 6.45) is -1.03. The van der Waals surface area contributed by atoms with Gasteiger partial charge in [0.05, 0.1) is 31.9 Å². The maximum absolute atomic E-state index is 11.0. The summed E-state index contributed by atoms with van der Waals surface area (Å²) in [4.78, 5) is 4.27. The maximum Gasteiger partial charge on any atom is 0.176 e. The first kappa shape index (κ1) is 19.5. The Hall–Kier alpha value is -1.22. The Bertz CT molecular complexity index is 568. The molecule has 2 bridgehead atoms. The van der Waals surface area contributed by atoms with Gasteiger partial charge >= 0.3 is 0 Å². The molecule has 7 heteroatoms. The standard InChI is InChI=1S/C19H31N3O4/c1-21(2)9-10-22(3)17-18(23)16(15-12-25-19(17)26-15)20-11-13-5-7-14(24-4)8-6-13/h5-8,15-20,23H,9-12H2,1-4H3/t15-,16-,17-,18+,19-/m1/s1. The molecule has 7 nitrogen and oxygen atoms in total. The smallest absolute Gasteiger partial charge is 0.176 e. The van der Waals surface area contributed by atoms with E-state index in [0.717, 1.165) is 24.4 Å². The Morgan fingerprint density at radius 1 is 1.19 bits per heavy atom. The van der Waals surface area contributed by atoms with E-state index in [1.54, 1.807) is 7.11 Å². The summed E-state index contributed by atoms with van der Waals surface area (Å²) in [6.45, 7) is 2.93. The Kier molecular flexibility index (Phi) is 6.50. The summed E-state index contributed by atoms with van der Waals surface area (Å²) >= 11 is 0. The highest BCUT2D eigenvalue weighted by atomic mass is 16.7. The van der Waals surface area contributed by atoms with E-state index >= 15 is 0 Å². The van der Waals surface area contributed by atoms with Gasteiger partial charge in [-0.15, -0.1) is 0 Å². The van der Waals surface area contributed by atoms with E-state index in [9.17, 15) is 5.11 Å². The van der Waals surface area contributed by atoms with Gasteiger partial charge in [0.15, 0.2) is 6.29 Å². The molecule has 0 spiro atoms. The fourth-order valence-electron chi connectivity index (χ4n) is 3.61. The van der Waals surface area contributed by atoms with Crippen LogP contribution in [0.25, 0.3) is 0 Å². The first-order valence-electron chi connectivity index (χ1n) is 9.16. The monoisotopic (exact) mass is 365 g/mol. The SMILES string of the molecule is COc1ccc(CN[C@H]2[C@H](O)[C@@H](N(C)CCN(C)C)[C@@H]3OC[C@H]2O3)cc1. The van der Waals surface area contributed by atoms with Crippen molar-refractivity contribution in [3.63, 3.8) is 0 Å². The molecule has 2 heterocycles. The second kappa shape index (κ2) is 8.65. The number of rotatable bonds is 8. The lowest BCUT2D eigenvalue weighted by molar-refractivity contribution is -0.179. The zero-order valence-corrected chi connectivity index (χ0v) is 16.1. The minimum atomic E-state index is -0.549. The van der Waals surface area contributed by atoms with Gasteiger partial charge in [-0.05, 0) is 38.8 Å². The Morgan fingerprint density at radius 2 is 1.92 bits per heavy atom. The van der Waals surface area contributed by atoms with Crippen LogP contribution in [0.5, 0.6) is 5.75 Å². The van der Waals surface area contributed by atoms with Crippen LogP contribution in [0.4, 0.5) is 0 Å². The number of hydrogen-bond donors (Lipinski definition) is 2. The third kappa shape index (κ3) is 4.36.